The Hall–Kier alpha value is -0.510. The van der Waals surface area contributed by atoms with E-state index in [1.165, 1.54) is 11.8 Å². The predicted octanol–water partition coefficient (Wildman–Crippen LogP) is 0.224. The van der Waals surface area contributed by atoms with Crippen molar-refractivity contribution in [2.45, 2.75) is 12.2 Å². The standard InChI is InChI=1S/C5H8N2OS/c1-3-4(8)7-5(6-2)9-3/h3H,1-2H3,(H,6,7,8). The van der Waals surface area contributed by atoms with Crippen LogP contribution in [0, 0.1) is 0 Å². The highest BCUT2D eigenvalue weighted by Crippen LogP contribution is 2.17. The lowest BCUT2D eigenvalue weighted by atomic mass is 10.4. The number of rotatable bonds is 0. The molecule has 0 aromatic heterocycles. The minimum Gasteiger partial charge on any atom is -0.304 e. The first kappa shape index (κ1) is 6.61. The van der Waals surface area contributed by atoms with Crippen molar-refractivity contribution in [1.29, 1.82) is 0 Å². The van der Waals surface area contributed by atoms with Gasteiger partial charge in [0.2, 0.25) is 5.91 Å². The van der Waals surface area contributed by atoms with Crippen LogP contribution in [-0.4, -0.2) is 23.4 Å². The van der Waals surface area contributed by atoms with Gasteiger partial charge in [0.1, 0.15) is 0 Å². The molecule has 0 radical (unpaired) electrons. The molecule has 0 aromatic carbocycles. The largest absolute Gasteiger partial charge is 0.304 e. The Morgan fingerprint density at radius 1 is 1.78 bits per heavy atom. The van der Waals surface area contributed by atoms with Gasteiger partial charge in [-0.05, 0) is 6.92 Å². The molecule has 0 aliphatic carbocycles. The van der Waals surface area contributed by atoms with Crippen LogP contribution in [0.15, 0.2) is 4.99 Å². The summed E-state index contributed by atoms with van der Waals surface area (Å²) in [6.07, 6.45) is 0. The van der Waals surface area contributed by atoms with E-state index >= 15 is 0 Å². The predicted molar refractivity (Wildman–Crippen MR) is 38.6 cm³/mol. The molecule has 0 bridgehead atoms. The number of amidine groups is 1. The molecule has 3 nitrogen and oxygen atoms in total. The lowest BCUT2D eigenvalue weighted by Gasteiger charge is -1.87. The van der Waals surface area contributed by atoms with Gasteiger partial charge in [0.15, 0.2) is 5.17 Å². The van der Waals surface area contributed by atoms with Crippen LogP contribution in [0.5, 0.6) is 0 Å². The summed E-state index contributed by atoms with van der Waals surface area (Å²) in [5, 5.41) is 3.39. The Labute approximate surface area is 57.9 Å². The molecule has 1 unspecified atom stereocenters. The Morgan fingerprint density at radius 3 is 2.67 bits per heavy atom. The summed E-state index contributed by atoms with van der Waals surface area (Å²) in [6, 6.07) is 0. The van der Waals surface area contributed by atoms with Crippen LogP contribution in [-0.2, 0) is 4.79 Å². The monoisotopic (exact) mass is 144 g/mol. The van der Waals surface area contributed by atoms with Gasteiger partial charge in [0, 0.05) is 7.05 Å². The van der Waals surface area contributed by atoms with Crippen LogP contribution in [0.25, 0.3) is 0 Å². The molecule has 0 saturated carbocycles. The van der Waals surface area contributed by atoms with Crippen LogP contribution in [0.4, 0.5) is 0 Å². The van der Waals surface area contributed by atoms with E-state index < -0.39 is 0 Å². The van der Waals surface area contributed by atoms with E-state index in [1.54, 1.807) is 7.05 Å². The summed E-state index contributed by atoms with van der Waals surface area (Å²) in [7, 11) is 1.67. The van der Waals surface area contributed by atoms with Crippen molar-refractivity contribution in [2.24, 2.45) is 4.99 Å². The van der Waals surface area contributed by atoms with Gasteiger partial charge in [-0.2, -0.15) is 0 Å². The summed E-state index contributed by atoms with van der Waals surface area (Å²) in [4.78, 5) is 14.6. The number of nitrogens with zero attached hydrogens (tertiary/aromatic N) is 1. The lowest BCUT2D eigenvalue weighted by Crippen LogP contribution is -2.23. The molecular formula is C5H8N2OS. The number of hydrogen-bond donors (Lipinski definition) is 1. The topological polar surface area (TPSA) is 41.5 Å². The van der Waals surface area contributed by atoms with Crippen molar-refractivity contribution in [3.63, 3.8) is 0 Å². The van der Waals surface area contributed by atoms with E-state index in [0.29, 0.717) is 0 Å². The van der Waals surface area contributed by atoms with Crippen molar-refractivity contribution in [1.82, 2.24) is 5.32 Å². The third kappa shape index (κ3) is 1.24. The smallest absolute Gasteiger partial charge is 0.239 e. The fraction of sp³-hybridized carbons (Fsp3) is 0.600. The highest BCUT2D eigenvalue weighted by Gasteiger charge is 2.24. The van der Waals surface area contributed by atoms with Crippen LogP contribution >= 0.6 is 11.8 Å². The molecule has 1 atom stereocenters. The van der Waals surface area contributed by atoms with Crippen molar-refractivity contribution >= 4 is 22.8 Å². The van der Waals surface area contributed by atoms with Crippen molar-refractivity contribution < 1.29 is 4.79 Å². The second-order valence-electron chi connectivity index (χ2n) is 1.78. The van der Waals surface area contributed by atoms with E-state index in [9.17, 15) is 4.79 Å². The second-order valence-corrected chi connectivity index (χ2v) is 3.11. The molecule has 1 fully saturated rings. The molecule has 1 aliphatic heterocycles. The summed E-state index contributed by atoms with van der Waals surface area (Å²) in [5.41, 5.74) is 0. The molecule has 1 heterocycles. The van der Waals surface area contributed by atoms with Gasteiger partial charge >= 0.3 is 0 Å². The first-order chi connectivity index (χ1) is 4.24. The van der Waals surface area contributed by atoms with E-state index in [1.807, 2.05) is 6.92 Å². The van der Waals surface area contributed by atoms with Gasteiger partial charge < -0.3 is 5.32 Å². The highest BCUT2D eigenvalue weighted by atomic mass is 32.2. The van der Waals surface area contributed by atoms with Crippen LogP contribution < -0.4 is 5.32 Å². The zero-order chi connectivity index (χ0) is 6.85. The maximum Gasteiger partial charge on any atom is 0.239 e. The number of nitrogens with one attached hydrogen (secondary N) is 1. The zero-order valence-electron chi connectivity index (χ0n) is 5.34. The van der Waals surface area contributed by atoms with Gasteiger partial charge in [-0.25, -0.2) is 0 Å². The number of thioether (sulfide) groups is 1. The highest BCUT2D eigenvalue weighted by molar-refractivity contribution is 8.15. The molecule has 0 aromatic rings. The van der Waals surface area contributed by atoms with E-state index in [4.69, 9.17) is 0 Å². The fourth-order valence-electron chi connectivity index (χ4n) is 0.566. The maximum absolute atomic E-state index is 10.7. The van der Waals surface area contributed by atoms with Crippen molar-refractivity contribution in [3.05, 3.63) is 0 Å². The summed E-state index contributed by atoms with van der Waals surface area (Å²) in [5.74, 6) is 0.0561. The van der Waals surface area contributed by atoms with E-state index in [0.717, 1.165) is 5.17 Å². The van der Waals surface area contributed by atoms with Gasteiger partial charge in [-0.3, -0.25) is 9.79 Å². The molecule has 1 amide bonds. The van der Waals surface area contributed by atoms with Gasteiger partial charge in [0.05, 0.1) is 5.25 Å². The molecule has 1 N–H and O–H groups in total. The fourth-order valence-corrected chi connectivity index (χ4v) is 1.33. The van der Waals surface area contributed by atoms with E-state index in [-0.39, 0.29) is 11.2 Å². The first-order valence-corrected chi connectivity index (χ1v) is 3.56. The minimum absolute atomic E-state index is 0.0312. The number of aliphatic imine (C=N–C) groups is 1. The van der Waals surface area contributed by atoms with Crippen LogP contribution in [0.3, 0.4) is 0 Å². The van der Waals surface area contributed by atoms with Crippen molar-refractivity contribution in [2.75, 3.05) is 7.05 Å². The average molecular weight is 144 g/mol. The number of carbonyl (C=O) groups excluding carboxylic acids is 1. The normalized spacial score (nSPS) is 31.1. The average Bonchev–Trinajstić information content (AvgIpc) is 2.13. The molecule has 1 rings (SSSR count). The quantitative estimate of drug-likeness (QED) is 0.528. The number of hydrogen-bond acceptors (Lipinski definition) is 3. The maximum atomic E-state index is 10.7. The summed E-state index contributed by atoms with van der Waals surface area (Å²) in [6.45, 7) is 1.86. The molecule has 50 valence electrons. The minimum atomic E-state index is 0.0312. The molecule has 1 aliphatic rings. The zero-order valence-corrected chi connectivity index (χ0v) is 6.16. The Balaban J connectivity index is 2.65. The third-order valence-corrected chi connectivity index (χ3v) is 2.17. The van der Waals surface area contributed by atoms with Gasteiger partial charge in [-0.15, -0.1) is 0 Å². The third-order valence-electron chi connectivity index (χ3n) is 1.09. The SMILES string of the molecule is CN=C1NC(=O)C(C)S1. The number of carbonyl (C=O) groups is 1. The van der Waals surface area contributed by atoms with E-state index in [2.05, 4.69) is 10.3 Å². The molecule has 9 heavy (non-hydrogen) atoms. The van der Waals surface area contributed by atoms with Gasteiger partial charge in [-0.1, -0.05) is 11.8 Å². The summed E-state index contributed by atoms with van der Waals surface area (Å²) < 4.78 is 0. The van der Waals surface area contributed by atoms with Gasteiger partial charge in [0.25, 0.3) is 0 Å². The Bertz CT molecular complexity index is 166. The Morgan fingerprint density at radius 2 is 2.44 bits per heavy atom. The van der Waals surface area contributed by atoms with Crippen LogP contribution in [0.2, 0.25) is 0 Å². The molecule has 4 heteroatoms. The lowest BCUT2D eigenvalue weighted by molar-refractivity contribution is -0.118. The first-order valence-electron chi connectivity index (χ1n) is 2.68. The van der Waals surface area contributed by atoms with Crippen LogP contribution in [0.1, 0.15) is 6.92 Å². The van der Waals surface area contributed by atoms with Crippen molar-refractivity contribution in [3.8, 4) is 0 Å². The molecular weight excluding hydrogens is 136 g/mol. The second kappa shape index (κ2) is 2.39. The summed E-state index contributed by atoms with van der Waals surface area (Å²) >= 11 is 1.46. The number of amides is 1. The molecule has 1 saturated heterocycles. The Kier molecular flexibility index (Phi) is 1.75. The molecule has 0 spiro atoms.